The molecule has 4 atom stereocenters. The maximum Gasteiger partial charge on any atom is 0.408 e. The Labute approximate surface area is 306 Å². The van der Waals surface area contributed by atoms with Crippen LogP contribution in [0.5, 0.6) is 0 Å². The molecule has 2 aromatic heterocycles. The third-order valence-electron chi connectivity index (χ3n) is 8.92. The highest BCUT2D eigenvalue weighted by Gasteiger charge is 2.38. The van der Waals surface area contributed by atoms with E-state index >= 15 is 0 Å². The SMILES string of the molecule is CC(C)c1nc(CN(C(=O)O)[C@H](C(=O)N[C@@H](Cc2ccccc2)[C@H](O)CN2CCN(Cc3ccncc3)C[C@H]2C(=O)NC(C)(C)C)C(C)C)cs1. The van der Waals surface area contributed by atoms with E-state index in [9.17, 15) is 24.6 Å². The van der Waals surface area contributed by atoms with Crippen LogP contribution in [0.1, 0.15) is 76.2 Å². The van der Waals surface area contributed by atoms with Gasteiger partial charge in [0.25, 0.3) is 0 Å². The standard InChI is InChI=1S/C38H55N7O5S/c1-25(2)33(45(37(49)50)21-29-24-51-36(40-29)26(3)4)35(48)41-30(19-27-11-9-8-10-12-27)32(46)23-44-18-17-43(20-28-13-15-39-16-14-28)22-31(44)34(47)42-38(5,6)7/h8-16,24-26,30-33,46H,17-23H2,1-7H3,(H,41,48)(H,42,47)(H,49,50)/t30-,31-,32+,33-/m0/s1. The molecule has 3 heterocycles. The molecule has 0 aliphatic carbocycles. The van der Waals surface area contributed by atoms with Gasteiger partial charge < -0.3 is 20.8 Å². The van der Waals surface area contributed by atoms with E-state index in [1.165, 1.54) is 11.3 Å². The number of nitrogens with one attached hydrogen (secondary N) is 2. The number of carbonyl (C=O) groups excluding carboxylic acids is 2. The molecule has 1 aliphatic rings. The van der Waals surface area contributed by atoms with Gasteiger partial charge in [0.15, 0.2) is 0 Å². The number of aromatic nitrogens is 2. The summed E-state index contributed by atoms with van der Waals surface area (Å²) in [5, 5.41) is 31.1. The average Bonchev–Trinajstić information content (AvgIpc) is 3.54. The number of pyridine rings is 1. The molecule has 0 unspecified atom stereocenters. The molecule has 0 spiro atoms. The molecule has 1 fully saturated rings. The van der Waals surface area contributed by atoms with Crippen LogP contribution in [0.25, 0.3) is 0 Å². The van der Waals surface area contributed by atoms with Gasteiger partial charge in [-0.1, -0.05) is 58.0 Å². The van der Waals surface area contributed by atoms with Gasteiger partial charge in [0.05, 0.1) is 29.4 Å². The van der Waals surface area contributed by atoms with Crippen molar-refractivity contribution in [2.75, 3.05) is 26.2 Å². The van der Waals surface area contributed by atoms with Gasteiger partial charge in [-0.25, -0.2) is 9.78 Å². The molecule has 13 heteroatoms. The fourth-order valence-electron chi connectivity index (χ4n) is 6.40. The Morgan fingerprint density at radius 3 is 2.29 bits per heavy atom. The lowest BCUT2D eigenvalue weighted by Crippen LogP contribution is -2.63. The summed E-state index contributed by atoms with van der Waals surface area (Å²) in [5.74, 6) is -0.777. The molecule has 12 nitrogen and oxygen atoms in total. The second-order valence-electron chi connectivity index (χ2n) is 15.1. The topological polar surface area (TPSA) is 151 Å². The van der Waals surface area contributed by atoms with Crippen molar-refractivity contribution in [2.24, 2.45) is 5.92 Å². The molecule has 4 rings (SSSR count). The van der Waals surface area contributed by atoms with Crippen molar-refractivity contribution in [1.29, 1.82) is 0 Å². The summed E-state index contributed by atoms with van der Waals surface area (Å²) in [6.45, 7) is 16.0. The van der Waals surface area contributed by atoms with E-state index in [1.807, 2.05) is 101 Å². The lowest BCUT2D eigenvalue weighted by Gasteiger charge is -2.43. The van der Waals surface area contributed by atoms with Crippen molar-refractivity contribution in [3.8, 4) is 0 Å². The molecule has 278 valence electrons. The largest absolute Gasteiger partial charge is 0.465 e. The first-order valence-corrected chi connectivity index (χ1v) is 18.6. The maximum absolute atomic E-state index is 14.1. The molecular weight excluding hydrogens is 667 g/mol. The molecule has 51 heavy (non-hydrogen) atoms. The van der Waals surface area contributed by atoms with Gasteiger partial charge in [0.1, 0.15) is 12.1 Å². The van der Waals surface area contributed by atoms with Gasteiger partial charge in [-0.3, -0.25) is 29.3 Å². The first-order chi connectivity index (χ1) is 24.1. The Balaban J connectivity index is 1.56. The van der Waals surface area contributed by atoms with E-state index in [-0.39, 0.29) is 30.8 Å². The van der Waals surface area contributed by atoms with Crippen LogP contribution in [0, 0.1) is 5.92 Å². The van der Waals surface area contributed by atoms with Gasteiger partial charge in [-0.05, 0) is 56.4 Å². The predicted octanol–water partition coefficient (Wildman–Crippen LogP) is 4.36. The number of piperazine rings is 1. The first kappa shape index (κ1) is 39.9. The minimum atomic E-state index is -1.22. The van der Waals surface area contributed by atoms with E-state index in [0.29, 0.717) is 38.3 Å². The molecule has 0 saturated carbocycles. The number of amides is 3. The number of carboxylic acid groups (broad SMARTS) is 1. The highest BCUT2D eigenvalue weighted by molar-refractivity contribution is 7.09. The Bertz CT molecular complexity index is 1560. The summed E-state index contributed by atoms with van der Waals surface area (Å²) < 4.78 is 0. The van der Waals surface area contributed by atoms with Gasteiger partial charge >= 0.3 is 6.09 Å². The summed E-state index contributed by atoms with van der Waals surface area (Å²) >= 11 is 1.47. The zero-order valence-electron chi connectivity index (χ0n) is 31.0. The normalized spacial score (nSPS) is 17.6. The van der Waals surface area contributed by atoms with Crippen molar-refractivity contribution in [3.63, 3.8) is 0 Å². The number of hydrogen-bond acceptors (Lipinski definition) is 9. The molecule has 0 radical (unpaired) electrons. The van der Waals surface area contributed by atoms with E-state index in [0.717, 1.165) is 21.0 Å². The van der Waals surface area contributed by atoms with Crippen molar-refractivity contribution < 1.29 is 24.6 Å². The first-order valence-electron chi connectivity index (χ1n) is 17.7. The van der Waals surface area contributed by atoms with Crippen LogP contribution < -0.4 is 10.6 Å². The zero-order chi connectivity index (χ0) is 37.3. The maximum atomic E-state index is 14.1. The number of thiazole rings is 1. The summed E-state index contributed by atoms with van der Waals surface area (Å²) in [4.78, 5) is 54.6. The predicted molar refractivity (Wildman–Crippen MR) is 199 cm³/mol. The Morgan fingerprint density at radius 1 is 1.02 bits per heavy atom. The van der Waals surface area contributed by atoms with Gasteiger partial charge in [-0.2, -0.15) is 0 Å². The number of nitrogens with zero attached hydrogens (tertiary/aromatic N) is 5. The van der Waals surface area contributed by atoms with Crippen molar-refractivity contribution in [3.05, 3.63) is 82.1 Å². The molecule has 1 saturated heterocycles. The van der Waals surface area contributed by atoms with E-state index < -0.39 is 41.8 Å². The third-order valence-corrected chi connectivity index (χ3v) is 10.1. The van der Waals surface area contributed by atoms with Crippen LogP contribution in [0.15, 0.2) is 60.2 Å². The van der Waals surface area contributed by atoms with Crippen LogP contribution in [-0.2, 0) is 29.1 Å². The molecule has 0 bridgehead atoms. The van der Waals surface area contributed by atoms with Crippen LogP contribution in [0.4, 0.5) is 4.79 Å². The second-order valence-corrected chi connectivity index (χ2v) is 16.0. The fourth-order valence-corrected chi connectivity index (χ4v) is 7.22. The van der Waals surface area contributed by atoms with Crippen molar-refractivity contribution in [1.82, 2.24) is 35.3 Å². The third kappa shape index (κ3) is 11.8. The Hall–Kier alpha value is -3.91. The lowest BCUT2D eigenvalue weighted by atomic mass is 9.97. The van der Waals surface area contributed by atoms with E-state index in [4.69, 9.17) is 0 Å². The van der Waals surface area contributed by atoms with Crippen LogP contribution >= 0.6 is 11.3 Å². The Kier molecular flexibility index (Phi) is 14.1. The number of aliphatic hydroxyl groups excluding tert-OH is 1. The number of carbonyl (C=O) groups is 3. The van der Waals surface area contributed by atoms with Gasteiger partial charge in [0.2, 0.25) is 11.8 Å². The summed E-state index contributed by atoms with van der Waals surface area (Å²) in [6.07, 6.45) is 1.54. The Morgan fingerprint density at radius 2 is 1.71 bits per heavy atom. The quantitative estimate of drug-likeness (QED) is 0.180. The number of benzene rings is 1. The van der Waals surface area contributed by atoms with E-state index in [2.05, 4.69) is 25.5 Å². The highest BCUT2D eigenvalue weighted by atomic mass is 32.1. The molecule has 1 aromatic carbocycles. The van der Waals surface area contributed by atoms with Crippen LogP contribution in [0.3, 0.4) is 0 Å². The minimum Gasteiger partial charge on any atom is -0.465 e. The smallest absolute Gasteiger partial charge is 0.408 e. The van der Waals surface area contributed by atoms with Gasteiger partial charge in [0, 0.05) is 62.0 Å². The van der Waals surface area contributed by atoms with Gasteiger partial charge in [-0.15, -0.1) is 11.3 Å². The summed E-state index contributed by atoms with van der Waals surface area (Å²) in [6, 6.07) is 11.2. The molecule has 1 aliphatic heterocycles. The van der Waals surface area contributed by atoms with E-state index in [1.54, 1.807) is 12.4 Å². The molecular formula is C38H55N7O5S. The highest BCUT2D eigenvalue weighted by Crippen LogP contribution is 2.23. The van der Waals surface area contributed by atoms with Crippen LogP contribution in [-0.4, -0.2) is 109 Å². The number of aliphatic hydroxyl groups is 1. The lowest BCUT2D eigenvalue weighted by molar-refractivity contribution is -0.133. The zero-order valence-corrected chi connectivity index (χ0v) is 31.8. The van der Waals surface area contributed by atoms with Crippen LogP contribution in [0.2, 0.25) is 0 Å². The van der Waals surface area contributed by atoms with Crippen molar-refractivity contribution >= 4 is 29.2 Å². The minimum absolute atomic E-state index is 0.0327. The second kappa shape index (κ2) is 18.0. The summed E-state index contributed by atoms with van der Waals surface area (Å²) in [5.41, 5.74) is 2.15. The molecule has 3 aromatic rings. The molecule has 4 N–H and O–H groups in total. The molecule has 3 amide bonds. The number of β-amino-alcohol motifs (C(OH)–C–C–N with tert-alkyl or cyclic N) is 1. The van der Waals surface area contributed by atoms with Crippen molar-refractivity contribution in [2.45, 2.75) is 104 Å². The monoisotopic (exact) mass is 721 g/mol. The number of hydrogen-bond donors (Lipinski definition) is 4. The fraction of sp³-hybridized carbons (Fsp3) is 0.553. The average molecular weight is 722 g/mol. The summed E-state index contributed by atoms with van der Waals surface area (Å²) in [7, 11) is 0. The number of rotatable bonds is 15.